The molecule has 176 valence electrons. The molecule has 2 N–H and O–H groups in total. The Morgan fingerprint density at radius 2 is 1.85 bits per heavy atom. The van der Waals surface area contributed by atoms with Gasteiger partial charge in [-0.25, -0.2) is 0 Å². The number of ketones is 1. The Morgan fingerprint density at radius 1 is 1.12 bits per heavy atom. The minimum absolute atomic E-state index is 0.0281. The largest absolute Gasteiger partial charge is 0.507 e. The minimum atomic E-state index is -0.785. The van der Waals surface area contributed by atoms with Gasteiger partial charge in [-0.3, -0.25) is 9.59 Å². The topological polar surface area (TPSA) is 90.3 Å². The van der Waals surface area contributed by atoms with Crippen molar-refractivity contribution in [2.24, 2.45) is 0 Å². The maximum atomic E-state index is 13.2. The van der Waals surface area contributed by atoms with Crippen molar-refractivity contribution < 1.29 is 24.5 Å². The second-order valence-corrected chi connectivity index (χ2v) is 8.63. The highest BCUT2D eigenvalue weighted by Gasteiger charge is 2.46. The van der Waals surface area contributed by atoms with Crippen LogP contribution in [0.4, 0.5) is 0 Å². The summed E-state index contributed by atoms with van der Waals surface area (Å²) in [5, 5.41) is 21.5. The molecule has 1 fully saturated rings. The van der Waals surface area contributed by atoms with Crippen LogP contribution in [0.3, 0.4) is 0 Å². The number of aryl methyl sites for hydroxylation is 2. The zero-order valence-corrected chi connectivity index (χ0v) is 19.9. The first kappa shape index (κ1) is 24.3. The third-order valence-corrected chi connectivity index (χ3v) is 5.79. The number of hydrogen-bond acceptors (Lipinski definition) is 6. The summed E-state index contributed by atoms with van der Waals surface area (Å²) in [6.45, 7) is 7.00. The molecule has 7 heteroatoms. The quantitative estimate of drug-likeness (QED) is 0.360. The van der Waals surface area contributed by atoms with Crippen LogP contribution in [0.25, 0.3) is 5.76 Å². The summed E-state index contributed by atoms with van der Waals surface area (Å²) in [6, 6.07) is 9.60. The van der Waals surface area contributed by atoms with E-state index in [0.29, 0.717) is 30.7 Å². The molecule has 1 aliphatic heterocycles. The smallest absolute Gasteiger partial charge is 0.295 e. The van der Waals surface area contributed by atoms with Crippen LogP contribution in [0.5, 0.6) is 11.5 Å². The first-order valence-electron chi connectivity index (χ1n) is 11.1. The molecule has 2 aromatic carbocycles. The lowest BCUT2D eigenvalue weighted by Crippen LogP contribution is -2.32. The van der Waals surface area contributed by atoms with Gasteiger partial charge in [-0.1, -0.05) is 23.8 Å². The summed E-state index contributed by atoms with van der Waals surface area (Å²) < 4.78 is 5.53. The Kier molecular flexibility index (Phi) is 7.43. The fourth-order valence-corrected chi connectivity index (χ4v) is 4.12. The van der Waals surface area contributed by atoms with E-state index in [1.807, 2.05) is 51.0 Å². The number of hydrogen-bond donors (Lipinski definition) is 2. The molecule has 2 aromatic rings. The highest BCUT2D eigenvalue weighted by atomic mass is 16.5. The van der Waals surface area contributed by atoms with Gasteiger partial charge in [-0.2, -0.15) is 0 Å². The predicted molar refractivity (Wildman–Crippen MR) is 127 cm³/mol. The van der Waals surface area contributed by atoms with E-state index >= 15 is 0 Å². The fourth-order valence-electron chi connectivity index (χ4n) is 4.12. The first-order chi connectivity index (χ1) is 15.6. The number of nitrogens with zero attached hydrogens (tertiary/aromatic N) is 2. The van der Waals surface area contributed by atoms with Crippen molar-refractivity contribution in [2.75, 3.05) is 33.8 Å². The number of likely N-dealkylation sites (tertiary alicyclic amines) is 1. The molecule has 0 bridgehead atoms. The van der Waals surface area contributed by atoms with Crippen molar-refractivity contribution in [1.82, 2.24) is 9.80 Å². The van der Waals surface area contributed by atoms with E-state index in [4.69, 9.17) is 4.74 Å². The summed E-state index contributed by atoms with van der Waals surface area (Å²) in [5.74, 6) is -1.31. The van der Waals surface area contributed by atoms with Crippen LogP contribution >= 0.6 is 0 Å². The van der Waals surface area contributed by atoms with Gasteiger partial charge >= 0.3 is 0 Å². The molecule has 1 aliphatic rings. The van der Waals surface area contributed by atoms with Crippen LogP contribution in [0.2, 0.25) is 0 Å². The average molecular weight is 453 g/mol. The van der Waals surface area contributed by atoms with Gasteiger partial charge in [0.15, 0.2) is 11.5 Å². The zero-order valence-electron chi connectivity index (χ0n) is 19.9. The second-order valence-electron chi connectivity index (χ2n) is 8.63. The molecular formula is C26H32N2O5. The molecule has 1 amide bonds. The maximum Gasteiger partial charge on any atom is 0.295 e. The Hall–Kier alpha value is -3.32. The number of aliphatic hydroxyl groups excluding tert-OH is 1. The van der Waals surface area contributed by atoms with Gasteiger partial charge < -0.3 is 24.7 Å². The first-order valence-corrected chi connectivity index (χ1v) is 11.1. The SMILES string of the molecule is CCOc1cc(C2C(=C(O)c3cc(C)ccc3C)C(=O)C(=O)N2CCCN(C)C)ccc1O. The van der Waals surface area contributed by atoms with E-state index in [0.717, 1.165) is 17.7 Å². The van der Waals surface area contributed by atoms with Gasteiger partial charge in [0, 0.05) is 12.1 Å². The van der Waals surface area contributed by atoms with Crippen LogP contribution < -0.4 is 4.74 Å². The number of aromatic hydroxyl groups is 1. The van der Waals surface area contributed by atoms with Crippen LogP contribution in [0.15, 0.2) is 42.0 Å². The minimum Gasteiger partial charge on any atom is -0.507 e. The monoisotopic (exact) mass is 452 g/mol. The Balaban J connectivity index is 2.18. The van der Waals surface area contributed by atoms with E-state index in [-0.39, 0.29) is 22.8 Å². The number of phenols is 1. The summed E-state index contributed by atoms with van der Waals surface area (Å²) in [5.41, 5.74) is 2.90. The van der Waals surface area contributed by atoms with Crippen molar-refractivity contribution in [1.29, 1.82) is 0 Å². The van der Waals surface area contributed by atoms with Gasteiger partial charge in [-0.15, -0.1) is 0 Å². The Labute approximate surface area is 194 Å². The van der Waals surface area contributed by atoms with Crippen LogP contribution in [0.1, 0.15) is 41.6 Å². The summed E-state index contributed by atoms with van der Waals surface area (Å²) in [6.07, 6.45) is 0.663. The van der Waals surface area contributed by atoms with E-state index in [1.165, 1.54) is 11.0 Å². The predicted octanol–water partition coefficient (Wildman–Crippen LogP) is 3.78. The molecule has 0 spiro atoms. The molecule has 1 unspecified atom stereocenters. The molecule has 7 nitrogen and oxygen atoms in total. The third-order valence-electron chi connectivity index (χ3n) is 5.79. The summed E-state index contributed by atoms with van der Waals surface area (Å²) in [4.78, 5) is 29.8. The van der Waals surface area contributed by atoms with Crippen LogP contribution in [0, 0.1) is 13.8 Å². The molecule has 3 rings (SSSR count). The third kappa shape index (κ3) is 5.03. The number of ether oxygens (including phenoxy) is 1. The molecule has 1 saturated heterocycles. The average Bonchev–Trinajstić information content (AvgIpc) is 3.01. The van der Waals surface area contributed by atoms with E-state index in [2.05, 4.69) is 0 Å². The molecule has 1 heterocycles. The number of carbonyl (C=O) groups excluding carboxylic acids is 2. The summed E-state index contributed by atoms with van der Waals surface area (Å²) in [7, 11) is 3.89. The van der Waals surface area contributed by atoms with Crippen molar-refractivity contribution in [3.8, 4) is 11.5 Å². The van der Waals surface area contributed by atoms with Crippen molar-refractivity contribution >= 4 is 17.4 Å². The maximum absolute atomic E-state index is 13.2. The van der Waals surface area contributed by atoms with Crippen LogP contribution in [-0.4, -0.2) is 65.5 Å². The Bertz CT molecular complexity index is 1090. The van der Waals surface area contributed by atoms with Crippen molar-refractivity contribution in [3.63, 3.8) is 0 Å². The molecule has 33 heavy (non-hydrogen) atoms. The van der Waals surface area contributed by atoms with Crippen molar-refractivity contribution in [2.45, 2.75) is 33.2 Å². The van der Waals surface area contributed by atoms with E-state index < -0.39 is 17.7 Å². The molecule has 0 radical (unpaired) electrons. The number of amides is 1. The number of aliphatic hydroxyl groups is 1. The van der Waals surface area contributed by atoms with Gasteiger partial charge in [0.2, 0.25) is 0 Å². The fraction of sp³-hybridized carbons (Fsp3) is 0.385. The number of phenolic OH excluding ortho intramolecular Hbond substituents is 1. The van der Waals surface area contributed by atoms with Gasteiger partial charge in [0.05, 0.1) is 18.2 Å². The lowest BCUT2D eigenvalue weighted by atomic mass is 9.93. The van der Waals surface area contributed by atoms with Gasteiger partial charge in [-0.05, 0) is 77.2 Å². The van der Waals surface area contributed by atoms with Crippen molar-refractivity contribution in [3.05, 3.63) is 64.2 Å². The molecular weight excluding hydrogens is 420 g/mol. The highest BCUT2D eigenvalue weighted by molar-refractivity contribution is 6.46. The lowest BCUT2D eigenvalue weighted by Gasteiger charge is -2.26. The number of rotatable bonds is 8. The van der Waals surface area contributed by atoms with Crippen LogP contribution in [-0.2, 0) is 9.59 Å². The summed E-state index contributed by atoms with van der Waals surface area (Å²) >= 11 is 0. The Morgan fingerprint density at radius 3 is 2.52 bits per heavy atom. The van der Waals surface area contributed by atoms with Gasteiger partial charge in [0.25, 0.3) is 11.7 Å². The number of carbonyl (C=O) groups is 2. The lowest BCUT2D eigenvalue weighted by molar-refractivity contribution is -0.139. The molecule has 0 aromatic heterocycles. The second kappa shape index (κ2) is 10.1. The van der Waals surface area contributed by atoms with Gasteiger partial charge in [0.1, 0.15) is 5.76 Å². The standard InChI is InChI=1S/C26H32N2O5/c1-6-33-21-15-18(10-11-20(21)29)23-22(24(30)19-14-16(2)8-9-17(19)3)25(31)26(32)28(23)13-7-12-27(4)5/h8-11,14-15,23,29-30H,6-7,12-13H2,1-5H3. The normalized spacial score (nSPS) is 17.8. The molecule has 1 atom stereocenters. The van der Waals surface area contributed by atoms with E-state index in [9.17, 15) is 19.8 Å². The van der Waals surface area contributed by atoms with E-state index in [1.54, 1.807) is 19.1 Å². The highest BCUT2D eigenvalue weighted by Crippen LogP contribution is 2.42. The number of Topliss-reactive ketones (excluding diaryl/α,β-unsaturated/α-hetero) is 1. The number of benzene rings is 2. The molecule has 0 aliphatic carbocycles. The zero-order chi connectivity index (χ0) is 24.3. The molecule has 0 saturated carbocycles.